The third-order valence-corrected chi connectivity index (χ3v) is 4.74. The predicted octanol–water partition coefficient (Wildman–Crippen LogP) is 3.37. The van der Waals surface area contributed by atoms with Gasteiger partial charge in [0.2, 0.25) is 5.91 Å². The molecule has 0 bridgehead atoms. The number of aryl methyl sites for hydroxylation is 4. The van der Waals surface area contributed by atoms with Gasteiger partial charge in [0.25, 0.3) is 5.95 Å². The van der Waals surface area contributed by atoms with Crippen molar-refractivity contribution < 1.29 is 4.79 Å². The second kappa shape index (κ2) is 6.05. The van der Waals surface area contributed by atoms with Crippen LogP contribution in [0.4, 0.5) is 5.82 Å². The molecule has 1 N–H and O–H groups in total. The Hall–Kier alpha value is -3.02. The average molecular weight is 347 g/mol. The van der Waals surface area contributed by atoms with Crippen LogP contribution in [0.1, 0.15) is 46.1 Å². The van der Waals surface area contributed by atoms with E-state index in [0.717, 1.165) is 28.2 Å². The Bertz CT molecular complexity index is 984. The van der Waals surface area contributed by atoms with Crippen LogP contribution >= 0.6 is 0 Å². The number of rotatable bonds is 2. The molecule has 1 aromatic carbocycles. The molecule has 1 atom stereocenters. The van der Waals surface area contributed by atoms with Gasteiger partial charge in [-0.05, 0) is 39.3 Å². The molecule has 6 nitrogen and oxygen atoms in total. The Labute approximate surface area is 152 Å². The molecule has 0 radical (unpaired) electrons. The molecule has 1 aliphatic rings. The number of fused-ring (bicyclic) bond motifs is 1. The van der Waals surface area contributed by atoms with E-state index in [1.807, 2.05) is 26.8 Å². The van der Waals surface area contributed by atoms with E-state index < -0.39 is 0 Å². The van der Waals surface area contributed by atoms with E-state index >= 15 is 0 Å². The fourth-order valence-electron chi connectivity index (χ4n) is 3.58. The van der Waals surface area contributed by atoms with Crippen molar-refractivity contribution in [3.05, 3.63) is 64.1 Å². The smallest absolute Gasteiger partial charge is 0.252 e. The van der Waals surface area contributed by atoms with Gasteiger partial charge in [-0.3, -0.25) is 4.79 Å². The van der Waals surface area contributed by atoms with Crippen LogP contribution in [0, 0.1) is 27.7 Å². The van der Waals surface area contributed by atoms with Crippen LogP contribution in [-0.2, 0) is 4.79 Å². The van der Waals surface area contributed by atoms with E-state index in [2.05, 4.69) is 51.6 Å². The van der Waals surface area contributed by atoms with Crippen molar-refractivity contribution in [2.75, 3.05) is 5.32 Å². The number of amides is 1. The predicted molar refractivity (Wildman–Crippen MR) is 99.6 cm³/mol. The van der Waals surface area contributed by atoms with Crippen molar-refractivity contribution in [1.29, 1.82) is 0 Å². The number of nitrogens with one attached hydrogen (secondary N) is 1. The van der Waals surface area contributed by atoms with Crippen LogP contribution in [-0.4, -0.2) is 25.7 Å². The molecule has 0 fully saturated rings. The van der Waals surface area contributed by atoms with Crippen LogP contribution in [0.15, 0.2) is 30.3 Å². The summed E-state index contributed by atoms with van der Waals surface area (Å²) in [6.45, 7) is 7.88. The summed E-state index contributed by atoms with van der Waals surface area (Å²) in [5.74, 6) is 1.12. The number of hydrogen-bond acceptors (Lipinski definition) is 4. The highest BCUT2D eigenvalue weighted by molar-refractivity contribution is 5.95. The molecule has 0 saturated heterocycles. The highest BCUT2D eigenvalue weighted by Crippen LogP contribution is 2.39. The molecule has 0 saturated carbocycles. The van der Waals surface area contributed by atoms with Gasteiger partial charge in [0.15, 0.2) is 0 Å². The van der Waals surface area contributed by atoms with E-state index in [0.29, 0.717) is 18.2 Å². The monoisotopic (exact) mass is 347 g/mol. The molecule has 1 aliphatic heterocycles. The minimum atomic E-state index is -0.0198. The molecule has 3 aromatic rings. The Balaban J connectivity index is 1.88. The van der Waals surface area contributed by atoms with Gasteiger partial charge in [0.05, 0.1) is 5.69 Å². The molecule has 26 heavy (non-hydrogen) atoms. The maximum Gasteiger partial charge on any atom is 0.252 e. The lowest BCUT2D eigenvalue weighted by Crippen LogP contribution is -2.25. The van der Waals surface area contributed by atoms with Crippen LogP contribution in [0.5, 0.6) is 0 Å². The third-order valence-electron chi connectivity index (χ3n) is 4.74. The van der Waals surface area contributed by atoms with Gasteiger partial charge in [0, 0.05) is 29.3 Å². The molecule has 6 heteroatoms. The summed E-state index contributed by atoms with van der Waals surface area (Å²) in [5, 5.41) is 7.63. The molecule has 132 valence electrons. The zero-order valence-electron chi connectivity index (χ0n) is 15.4. The second-order valence-electron chi connectivity index (χ2n) is 6.93. The van der Waals surface area contributed by atoms with E-state index in [9.17, 15) is 4.79 Å². The van der Waals surface area contributed by atoms with E-state index in [1.54, 1.807) is 4.68 Å². The van der Waals surface area contributed by atoms with Gasteiger partial charge < -0.3 is 5.32 Å². The first-order valence-corrected chi connectivity index (χ1v) is 8.71. The summed E-state index contributed by atoms with van der Waals surface area (Å²) in [5.41, 5.74) is 5.98. The molecule has 1 amide bonds. The number of benzene rings is 1. The molecule has 3 heterocycles. The summed E-state index contributed by atoms with van der Waals surface area (Å²) < 4.78 is 1.66. The molecular formula is C20H21N5O. The lowest BCUT2D eigenvalue weighted by molar-refractivity contribution is -0.116. The lowest BCUT2D eigenvalue weighted by atomic mass is 9.85. The van der Waals surface area contributed by atoms with Crippen LogP contribution in [0.3, 0.4) is 0 Å². The fourth-order valence-corrected chi connectivity index (χ4v) is 3.58. The molecule has 0 unspecified atom stereocenters. The number of carbonyl (C=O) groups excluding carboxylic acids is 1. The Morgan fingerprint density at radius 2 is 1.69 bits per heavy atom. The quantitative estimate of drug-likeness (QED) is 0.771. The summed E-state index contributed by atoms with van der Waals surface area (Å²) in [7, 11) is 0. The van der Waals surface area contributed by atoms with Gasteiger partial charge in [-0.15, -0.1) is 0 Å². The summed E-state index contributed by atoms with van der Waals surface area (Å²) in [4.78, 5) is 21.4. The standard InChI is InChI=1S/C20H21N5O/c1-11-5-7-15(8-6-11)16-10-17(26)23-19-18(16)14(4)24-25(19)20-21-12(2)9-13(3)22-20/h5-9,16H,10H2,1-4H3,(H,23,26)/t16-/m0/s1. The van der Waals surface area contributed by atoms with E-state index in [4.69, 9.17) is 0 Å². The van der Waals surface area contributed by atoms with Crippen molar-refractivity contribution in [2.24, 2.45) is 0 Å². The Kier molecular flexibility index (Phi) is 3.83. The zero-order chi connectivity index (χ0) is 18.4. The average Bonchev–Trinajstić information content (AvgIpc) is 2.91. The Morgan fingerprint density at radius 3 is 2.35 bits per heavy atom. The number of nitrogens with zero attached hydrogens (tertiary/aromatic N) is 4. The van der Waals surface area contributed by atoms with Crippen molar-refractivity contribution in [1.82, 2.24) is 19.7 Å². The van der Waals surface area contributed by atoms with Gasteiger partial charge in [-0.1, -0.05) is 29.8 Å². The van der Waals surface area contributed by atoms with Crippen molar-refractivity contribution in [3.63, 3.8) is 0 Å². The summed E-state index contributed by atoms with van der Waals surface area (Å²) >= 11 is 0. The maximum absolute atomic E-state index is 12.4. The first-order chi connectivity index (χ1) is 12.4. The number of carbonyl (C=O) groups is 1. The van der Waals surface area contributed by atoms with Crippen molar-refractivity contribution in [2.45, 2.75) is 40.0 Å². The number of hydrogen-bond donors (Lipinski definition) is 1. The number of aromatic nitrogens is 4. The SMILES string of the molecule is Cc1ccc([C@@H]2CC(=O)Nc3c2c(C)nn3-c2nc(C)cc(C)n2)cc1. The van der Waals surface area contributed by atoms with Crippen LogP contribution < -0.4 is 5.32 Å². The minimum Gasteiger partial charge on any atom is -0.310 e. The Morgan fingerprint density at radius 1 is 1.04 bits per heavy atom. The molecule has 0 aliphatic carbocycles. The fraction of sp³-hybridized carbons (Fsp3) is 0.300. The summed E-state index contributed by atoms with van der Waals surface area (Å²) in [6, 6.07) is 10.3. The van der Waals surface area contributed by atoms with E-state index in [1.165, 1.54) is 5.56 Å². The zero-order valence-corrected chi connectivity index (χ0v) is 15.4. The van der Waals surface area contributed by atoms with Gasteiger partial charge in [0.1, 0.15) is 5.82 Å². The highest BCUT2D eigenvalue weighted by Gasteiger charge is 2.33. The number of anilines is 1. The van der Waals surface area contributed by atoms with Gasteiger partial charge in [-0.2, -0.15) is 9.78 Å². The van der Waals surface area contributed by atoms with Crippen LogP contribution in [0.25, 0.3) is 5.95 Å². The largest absolute Gasteiger partial charge is 0.310 e. The topological polar surface area (TPSA) is 72.7 Å². The molecule has 4 rings (SSSR count). The van der Waals surface area contributed by atoms with Gasteiger partial charge in [-0.25, -0.2) is 9.97 Å². The van der Waals surface area contributed by atoms with E-state index in [-0.39, 0.29) is 11.8 Å². The molecule has 2 aromatic heterocycles. The minimum absolute atomic E-state index is 0.0148. The third kappa shape index (κ3) is 2.77. The normalized spacial score (nSPS) is 16.3. The van der Waals surface area contributed by atoms with Crippen molar-refractivity contribution >= 4 is 11.7 Å². The maximum atomic E-state index is 12.4. The summed E-state index contributed by atoms with van der Waals surface area (Å²) in [6.07, 6.45) is 0.413. The first-order valence-electron chi connectivity index (χ1n) is 8.71. The van der Waals surface area contributed by atoms with Crippen LogP contribution in [0.2, 0.25) is 0 Å². The van der Waals surface area contributed by atoms with Gasteiger partial charge >= 0.3 is 0 Å². The van der Waals surface area contributed by atoms with Crippen molar-refractivity contribution in [3.8, 4) is 5.95 Å². The highest BCUT2D eigenvalue weighted by atomic mass is 16.1. The first kappa shape index (κ1) is 16.4. The molecule has 0 spiro atoms. The molecular weight excluding hydrogens is 326 g/mol. The lowest BCUT2D eigenvalue weighted by Gasteiger charge is -2.24. The second-order valence-corrected chi connectivity index (χ2v) is 6.93.